The lowest BCUT2D eigenvalue weighted by atomic mass is 10.1. The van der Waals surface area contributed by atoms with Gasteiger partial charge in [0.05, 0.1) is 16.1 Å². The van der Waals surface area contributed by atoms with Crippen LogP contribution < -0.4 is 0 Å². The zero-order chi connectivity index (χ0) is 22.2. The quantitative estimate of drug-likeness (QED) is 0.479. The van der Waals surface area contributed by atoms with Crippen molar-refractivity contribution in [1.82, 2.24) is 15.0 Å². The number of rotatable bonds is 5. The van der Waals surface area contributed by atoms with Crippen molar-refractivity contribution in [3.8, 4) is 16.9 Å². The number of halogens is 1. The van der Waals surface area contributed by atoms with Crippen LogP contribution in [0.4, 0.5) is 0 Å². The van der Waals surface area contributed by atoms with Gasteiger partial charge >= 0.3 is 5.97 Å². The van der Waals surface area contributed by atoms with Crippen LogP contribution in [0.3, 0.4) is 0 Å². The van der Waals surface area contributed by atoms with Crippen LogP contribution in [0.2, 0.25) is 5.02 Å². The molecule has 31 heavy (non-hydrogen) atoms. The average molecular weight is 454 g/mol. The molecule has 0 amide bonds. The number of carboxylic acid groups (broad SMARTS) is 1. The van der Waals surface area contributed by atoms with Crippen LogP contribution >= 0.6 is 11.6 Å². The lowest BCUT2D eigenvalue weighted by Gasteiger charge is -2.10. The number of carbonyl (C=O) groups is 1. The highest BCUT2D eigenvalue weighted by molar-refractivity contribution is 7.91. The second kappa shape index (κ2) is 7.98. The molecule has 3 aromatic carbocycles. The maximum atomic E-state index is 13.4. The van der Waals surface area contributed by atoms with Crippen LogP contribution in [0.1, 0.15) is 15.9 Å². The molecule has 0 saturated carbocycles. The van der Waals surface area contributed by atoms with Gasteiger partial charge in [0.15, 0.2) is 0 Å². The van der Waals surface area contributed by atoms with Gasteiger partial charge in [0.2, 0.25) is 14.9 Å². The number of carboxylic acids is 1. The smallest absolute Gasteiger partial charge is 0.335 e. The molecule has 1 aromatic heterocycles. The van der Waals surface area contributed by atoms with Crippen LogP contribution in [-0.4, -0.2) is 34.5 Å². The Morgan fingerprint density at radius 1 is 1.00 bits per heavy atom. The Balaban J connectivity index is 1.95. The number of aromatic carboxylic acids is 1. The van der Waals surface area contributed by atoms with Crippen LogP contribution in [0.5, 0.6) is 0 Å². The van der Waals surface area contributed by atoms with E-state index in [0.29, 0.717) is 11.3 Å². The van der Waals surface area contributed by atoms with E-state index in [4.69, 9.17) is 16.7 Å². The molecule has 0 bridgehead atoms. The van der Waals surface area contributed by atoms with E-state index < -0.39 is 15.8 Å². The van der Waals surface area contributed by atoms with E-state index in [1.54, 1.807) is 36.4 Å². The standard InChI is InChI=1S/C22H16ClN3O4S/c1-14-5-7-15(8-6-14)20-21(31(29,30)19-4-2-3-17(23)13-19)24-25-26(20)18-11-9-16(10-12-18)22(27)28/h2-13H,1H3,(H,27,28). The van der Waals surface area contributed by atoms with Gasteiger partial charge in [-0.15, -0.1) is 5.10 Å². The number of hydrogen-bond donors (Lipinski definition) is 1. The van der Waals surface area contributed by atoms with Crippen molar-refractivity contribution in [2.75, 3.05) is 0 Å². The van der Waals surface area contributed by atoms with Gasteiger partial charge in [-0.05, 0) is 49.4 Å². The first-order chi connectivity index (χ1) is 14.8. The third-order valence-corrected chi connectivity index (χ3v) is 6.58. The summed E-state index contributed by atoms with van der Waals surface area (Å²) in [7, 11) is -4.03. The molecule has 0 radical (unpaired) electrons. The molecule has 0 aliphatic carbocycles. The highest BCUT2D eigenvalue weighted by Crippen LogP contribution is 2.32. The normalized spacial score (nSPS) is 11.4. The fourth-order valence-electron chi connectivity index (χ4n) is 3.08. The molecule has 0 spiro atoms. The van der Waals surface area contributed by atoms with Crippen molar-refractivity contribution in [3.05, 3.63) is 88.9 Å². The summed E-state index contributed by atoms with van der Waals surface area (Å²) in [4.78, 5) is 11.2. The second-order valence-corrected chi connectivity index (χ2v) is 9.14. The van der Waals surface area contributed by atoms with E-state index in [2.05, 4.69) is 10.3 Å². The highest BCUT2D eigenvalue weighted by Gasteiger charge is 2.29. The zero-order valence-corrected chi connectivity index (χ0v) is 17.8. The van der Waals surface area contributed by atoms with Crippen molar-refractivity contribution in [3.63, 3.8) is 0 Å². The summed E-state index contributed by atoms with van der Waals surface area (Å²) < 4.78 is 28.1. The molecular weight excluding hydrogens is 438 g/mol. The number of aromatic nitrogens is 3. The zero-order valence-electron chi connectivity index (χ0n) is 16.2. The van der Waals surface area contributed by atoms with Gasteiger partial charge in [-0.2, -0.15) is 0 Å². The summed E-state index contributed by atoms with van der Waals surface area (Å²) in [6, 6.07) is 19.2. The minimum Gasteiger partial charge on any atom is -0.478 e. The Labute approximate surface area is 183 Å². The molecule has 156 valence electrons. The molecule has 1 N–H and O–H groups in total. The van der Waals surface area contributed by atoms with Crippen molar-refractivity contribution < 1.29 is 18.3 Å². The topological polar surface area (TPSA) is 102 Å². The third-order valence-electron chi connectivity index (χ3n) is 4.68. The van der Waals surface area contributed by atoms with E-state index in [1.807, 2.05) is 19.1 Å². The fourth-order valence-corrected chi connectivity index (χ4v) is 4.70. The summed E-state index contributed by atoms with van der Waals surface area (Å²) in [6.07, 6.45) is 0. The van der Waals surface area contributed by atoms with E-state index in [1.165, 1.54) is 28.9 Å². The average Bonchev–Trinajstić information content (AvgIpc) is 3.20. The molecule has 0 aliphatic rings. The highest BCUT2D eigenvalue weighted by atomic mass is 35.5. The third kappa shape index (κ3) is 3.95. The fraction of sp³-hybridized carbons (Fsp3) is 0.0455. The second-order valence-electron chi connectivity index (χ2n) is 6.83. The Morgan fingerprint density at radius 3 is 2.29 bits per heavy atom. The van der Waals surface area contributed by atoms with Crippen molar-refractivity contribution in [2.45, 2.75) is 16.8 Å². The summed E-state index contributed by atoms with van der Waals surface area (Å²) in [5.74, 6) is -1.06. The summed E-state index contributed by atoms with van der Waals surface area (Å²) in [6.45, 7) is 1.92. The number of hydrogen-bond acceptors (Lipinski definition) is 5. The van der Waals surface area contributed by atoms with Crippen LogP contribution in [0.25, 0.3) is 16.9 Å². The molecule has 4 aromatic rings. The molecule has 0 aliphatic heterocycles. The van der Waals surface area contributed by atoms with Crippen LogP contribution in [-0.2, 0) is 9.84 Å². The van der Waals surface area contributed by atoms with Gasteiger partial charge in [-0.1, -0.05) is 52.7 Å². The Morgan fingerprint density at radius 2 is 1.68 bits per heavy atom. The van der Waals surface area contributed by atoms with Crippen molar-refractivity contribution >= 4 is 27.4 Å². The molecule has 1 heterocycles. The van der Waals surface area contributed by atoms with E-state index in [-0.39, 0.29) is 26.2 Å². The molecule has 9 heteroatoms. The number of nitrogens with zero attached hydrogens (tertiary/aromatic N) is 3. The SMILES string of the molecule is Cc1ccc(-c2c(S(=O)(=O)c3cccc(Cl)c3)nnn2-c2ccc(C(=O)O)cc2)cc1. The maximum absolute atomic E-state index is 13.4. The number of benzene rings is 3. The van der Waals surface area contributed by atoms with Gasteiger partial charge in [0.1, 0.15) is 5.69 Å². The van der Waals surface area contributed by atoms with Crippen molar-refractivity contribution in [2.24, 2.45) is 0 Å². The summed E-state index contributed by atoms with van der Waals surface area (Å²) in [5, 5.41) is 17.3. The van der Waals surface area contributed by atoms with Gasteiger partial charge in [-0.25, -0.2) is 17.9 Å². The number of sulfone groups is 1. The molecule has 0 fully saturated rings. The van der Waals surface area contributed by atoms with Crippen molar-refractivity contribution in [1.29, 1.82) is 0 Å². The van der Waals surface area contributed by atoms with Gasteiger partial charge in [0, 0.05) is 10.6 Å². The molecule has 0 saturated heterocycles. The number of aryl methyl sites for hydroxylation is 1. The molecule has 7 nitrogen and oxygen atoms in total. The Kier molecular flexibility index (Phi) is 5.34. The van der Waals surface area contributed by atoms with Gasteiger partial charge in [0.25, 0.3) is 0 Å². The van der Waals surface area contributed by atoms with E-state index in [9.17, 15) is 13.2 Å². The van der Waals surface area contributed by atoms with E-state index in [0.717, 1.165) is 5.56 Å². The molecule has 4 rings (SSSR count). The van der Waals surface area contributed by atoms with Crippen LogP contribution in [0.15, 0.2) is 82.7 Å². The lowest BCUT2D eigenvalue weighted by Crippen LogP contribution is -2.06. The minimum atomic E-state index is -4.03. The largest absolute Gasteiger partial charge is 0.478 e. The Bertz CT molecular complexity index is 1380. The van der Waals surface area contributed by atoms with E-state index >= 15 is 0 Å². The first kappa shape index (κ1) is 20.8. The van der Waals surface area contributed by atoms with Gasteiger partial charge < -0.3 is 5.11 Å². The monoisotopic (exact) mass is 453 g/mol. The lowest BCUT2D eigenvalue weighted by molar-refractivity contribution is 0.0697. The predicted molar refractivity (Wildman–Crippen MR) is 115 cm³/mol. The first-order valence-electron chi connectivity index (χ1n) is 9.14. The Hall–Kier alpha value is -3.49. The van der Waals surface area contributed by atoms with Gasteiger partial charge in [-0.3, -0.25) is 0 Å². The first-order valence-corrected chi connectivity index (χ1v) is 11.0. The molecule has 0 atom stereocenters. The molecule has 0 unspecified atom stereocenters. The minimum absolute atomic E-state index is 0.00152. The maximum Gasteiger partial charge on any atom is 0.335 e. The molecular formula is C22H16ClN3O4S. The van der Waals surface area contributed by atoms with Crippen LogP contribution in [0, 0.1) is 6.92 Å². The predicted octanol–water partition coefficient (Wildman–Crippen LogP) is 4.43. The summed E-state index contributed by atoms with van der Waals surface area (Å²) in [5.41, 5.74) is 2.45. The summed E-state index contributed by atoms with van der Waals surface area (Å²) >= 11 is 6.00.